The van der Waals surface area contributed by atoms with Gasteiger partial charge in [-0.15, -0.1) is 11.3 Å². The van der Waals surface area contributed by atoms with E-state index >= 15 is 0 Å². The van der Waals surface area contributed by atoms with Gasteiger partial charge in [-0.1, -0.05) is 18.2 Å². The fourth-order valence-electron chi connectivity index (χ4n) is 2.12. The number of rotatable bonds is 5. The molecule has 0 radical (unpaired) electrons. The van der Waals surface area contributed by atoms with Crippen molar-refractivity contribution < 1.29 is 4.74 Å². The minimum absolute atomic E-state index is 0.261. The summed E-state index contributed by atoms with van der Waals surface area (Å²) >= 11 is 1.63. The highest BCUT2D eigenvalue weighted by Crippen LogP contribution is 2.25. The minimum Gasteiger partial charge on any atom is -0.487 e. The molecule has 1 unspecified atom stereocenters. The number of nitrogens with one attached hydrogen (secondary N) is 1. The highest BCUT2D eigenvalue weighted by atomic mass is 32.1. The first-order valence-electron chi connectivity index (χ1n) is 6.58. The first kappa shape index (κ1) is 13.1. The molecule has 3 rings (SSSR count). The van der Waals surface area contributed by atoms with Crippen LogP contribution in [0.1, 0.15) is 24.2 Å². The van der Waals surface area contributed by atoms with Crippen molar-refractivity contribution in [3.8, 4) is 5.75 Å². The number of ether oxygens (including phenoxy) is 1. The third-order valence-corrected chi connectivity index (χ3v) is 4.11. The molecule has 5 heteroatoms. The molecule has 4 nitrogen and oxygen atoms in total. The van der Waals surface area contributed by atoms with Crippen molar-refractivity contribution in [2.75, 3.05) is 7.05 Å². The Hall–Kier alpha value is -1.85. The van der Waals surface area contributed by atoms with Gasteiger partial charge in [0.15, 0.2) is 4.96 Å². The maximum absolute atomic E-state index is 5.93. The molecule has 0 aliphatic rings. The Balaban J connectivity index is 1.76. The van der Waals surface area contributed by atoms with E-state index in [1.165, 1.54) is 0 Å². The van der Waals surface area contributed by atoms with E-state index in [9.17, 15) is 0 Å². The Morgan fingerprint density at radius 2 is 2.25 bits per heavy atom. The van der Waals surface area contributed by atoms with Crippen molar-refractivity contribution in [1.29, 1.82) is 0 Å². The monoisotopic (exact) mass is 287 g/mol. The summed E-state index contributed by atoms with van der Waals surface area (Å²) in [4.78, 5) is 5.52. The van der Waals surface area contributed by atoms with Gasteiger partial charge in [-0.05, 0) is 20.0 Å². The Morgan fingerprint density at radius 3 is 3.05 bits per heavy atom. The Morgan fingerprint density at radius 1 is 1.40 bits per heavy atom. The van der Waals surface area contributed by atoms with Gasteiger partial charge < -0.3 is 10.1 Å². The van der Waals surface area contributed by atoms with Crippen LogP contribution in [-0.2, 0) is 6.61 Å². The molecule has 2 heterocycles. The van der Waals surface area contributed by atoms with Crippen LogP contribution in [0.25, 0.3) is 4.96 Å². The van der Waals surface area contributed by atoms with Gasteiger partial charge in [0.25, 0.3) is 0 Å². The van der Waals surface area contributed by atoms with E-state index in [0.717, 1.165) is 22.0 Å². The van der Waals surface area contributed by atoms with Gasteiger partial charge >= 0.3 is 0 Å². The highest BCUT2D eigenvalue weighted by Gasteiger charge is 2.10. The SMILES string of the molecule is CNC(C)c1ccccc1OCc1cn2ccsc2n1. The van der Waals surface area contributed by atoms with Crippen molar-refractivity contribution in [2.24, 2.45) is 0 Å². The third kappa shape index (κ3) is 2.55. The van der Waals surface area contributed by atoms with Crippen LogP contribution in [0.5, 0.6) is 5.75 Å². The lowest BCUT2D eigenvalue weighted by atomic mass is 10.1. The van der Waals surface area contributed by atoms with Gasteiger partial charge in [0.05, 0.1) is 5.69 Å². The first-order valence-corrected chi connectivity index (χ1v) is 7.46. The molecule has 0 aliphatic heterocycles. The third-order valence-electron chi connectivity index (χ3n) is 3.34. The molecule has 1 atom stereocenters. The summed E-state index contributed by atoms with van der Waals surface area (Å²) in [5.41, 5.74) is 2.11. The summed E-state index contributed by atoms with van der Waals surface area (Å²) < 4.78 is 7.95. The van der Waals surface area contributed by atoms with Gasteiger partial charge in [-0.3, -0.25) is 4.40 Å². The van der Waals surface area contributed by atoms with Crippen molar-refractivity contribution in [1.82, 2.24) is 14.7 Å². The zero-order valence-electron chi connectivity index (χ0n) is 11.5. The summed E-state index contributed by atoms with van der Waals surface area (Å²) in [6.07, 6.45) is 4.02. The smallest absolute Gasteiger partial charge is 0.193 e. The van der Waals surface area contributed by atoms with Crippen LogP contribution >= 0.6 is 11.3 Å². The molecule has 2 aromatic heterocycles. The Kier molecular flexibility index (Phi) is 3.71. The number of benzene rings is 1. The lowest BCUT2D eigenvalue weighted by Gasteiger charge is -2.15. The van der Waals surface area contributed by atoms with E-state index in [1.54, 1.807) is 11.3 Å². The highest BCUT2D eigenvalue weighted by molar-refractivity contribution is 7.15. The van der Waals surface area contributed by atoms with E-state index in [4.69, 9.17) is 4.74 Å². The summed E-state index contributed by atoms with van der Waals surface area (Å²) in [6, 6.07) is 8.37. The normalized spacial score (nSPS) is 12.7. The van der Waals surface area contributed by atoms with E-state index in [2.05, 4.69) is 23.3 Å². The number of nitrogens with zero attached hydrogens (tertiary/aromatic N) is 2. The topological polar surface area (TPSA) is 38.6 Å². The van der Waals surface area contributed by atoms with Crippen LogP contribution in [0, 0.1) is 0 Å². The van der Waals surface area contributed by atoms with Gasteiger partial charge in [0.2, 0.25) is 0 Å². The lowest BCUT2D eigenvalue weighted by Crippen LogP contribution is -2.13. The number of imidazole rings is 1. The molecule has 0 spiro atoms. The average molecular weight is 287 g/mol. The molecule has 1 aromatic carbocycles. The molecule has 0 aliphatic carbocycles. The minimum atomic E-state index is 0.261. The van der Waals surface area contributed by atoms with E-state index < -0.39 is 0 Å². The van der Waals surface area contributed by atoms with Crippen LogP contribution in [0.4, 0.5) is 0 Å². The Bertz CT molecular complexity index is 675. The molecule has 0 amide bonds. The van der Waals surface area contributed by atoms with Crippen molar-refractivity contribution in [3.05, 3.63) is 53.3 Å². The van der Waals surface area contributed by atoms with Gasteiger partial charge in [-0.25, -0.2) is 4.98 Å². The number of aromatic nitrogens is 2. The average Bonchev–Trinajstić information content (AvgIpc) is 3.05. The molecule has 0 saturated heterocycles. The maximum Gasteiger partial charge on any atom is 0.193 e. The first-order chi connectivity index (χ1) is 9.78. The van der Waals surface area contributed by atoms with Gasteiger partial charge in [0, 0.05) is 29.4 Å². The molecule has 3 aromatic rings. The molecule has 0 fully saturated rings. The second kappa shape index (κ2) is 5.64. The number of fused-ring (bicyclic) bond motifs is 1. The van der Waals surface area contributed by atoms with E-state index in [1.807, 2.05) is 47.4 Å². The summed E-state index contributed by atoms with van der Waals surface area (Å²) in [6.45, 7) is 2.61. The summed E-state index contributed by atoms with van der Waals surface area (Å²) in [7, 11) is 1.95. The van der Waals surface area contributed by atoms with Crippen LogP contribution in [0.3, 0.4) is 0 Å². The molecule has 20 heavy (non-hydrogen) atoms. The Labute approximate surface area is 122 Å². The second-order valence-corrected chi connectivity index (χ2v) is 5.53. The van der Waals surface area contributed by atoms with Crippen LogP contribution < -0.4 is 10.1 Å². The second-order valence-electron chi connectivity index (χ2n) is 4.66. The standard InChI is InChI=1S/C15H17N3OS/c1-11(16-2)13-5-3-4-6-14(13)19-10-12-9-18-7-8-20-15(18)17-12/h3-9,11,16H,10H2,1-2H3. The molecular weight excluding hydrogens is 270 g/mol. The van der Waals surface area contributed by atoms with Crippen LogP contribution in [0.15, 0.2) is 42.0 Å². The molecule has 0 bridgehead atoms. The predicted molar refractivity (Wildman–Crippen MR) is 81.3 cm³/mol. The predicted octanol–water partition coefficient (Wildman–Crippen LogP) is 3.26. The fraction of sp³-hybridized carbons (Fsp3) is 0.267. The molecular formula is C15H17N3OS. The zero-order chi connectivity index (χ0) is 13.9. The summed E-state index contributed by atoms with van der Waals surface area (Å²) in [5.74, 6) is 0.908. The number of hydrogen-bond donors (Lipinski definition) is 1. The van der Waals surface area contributed by atoms with Crippen molar-refractivity contribution in [3.63, 3.8) is 0 Å². The number of thiazole rings is 1. The van der Waals surface area contributed by atoms with Crippen molar-refractivity contribution in [2.45, 2.75) is 19.6 Å². The number of para-hydroxylation sites is 1. The van der Waals surface area contributed by atoms with E-state index in [-0.39, 0.29) is 6.04 Å². The lowest BCUT2D eigenvalue weighted by molar-refractivity contribution is 0.296. The quantitative estimate of drug-likeness (QED) is 0.783. The number of hydrogen-bond acceptors (Lipinski definition) is 4. The molecule has 104 valence electrons. The van der Waals surface area contributed by atoms with Crippen LogP contribution in [0.2, 0.25) is 0 Å². The largest absolute Gasteiger partial charge is 0.487 e. The maximum atomic E-state index is 5.93. The van der Waals surface area contributed by atoms with Crippen molar-refractivity contribution >= 4 is 16.3 Å². The summed E-state index contributed by atoms with van der Waals surface area (Å²) in [5, 5.41) is 5.26. The van der Waals surface area contributed by atoms with E-state index in [0.29, 0.717) is 6.61 Å². The fourth-order valence-corrected chi connectivity index (χ4v) is 2.84. The zero-order valence-corrected chi connectivity index (χ0v) is 12.4. The van der Waals surface area contributed by atoms with Crippen LogP contribution in [-0.4, -0.2) is 16.4 Å². The molecule has 1 N–H and O–H groups in total. The van der Waals surface area contributed by atoms with Gasteiger partial charge in [0.1, 0.15) is 12.4 Å². The molecule has 0 saturated carbocycles. The van der Waals surface area contributed by atoms with Gasteiger partial charge in [-0.2, -0.15) is 0 Å².